The first kappa shape index (κ1) is 8.63. The second-order valence-electron chi connectivity index (χ2n) is 2.94. The Morgan fingerprint density at radius 3 is 2.33 bits per heavy atom. The third-order valence-corrected chi connectivity index (χ3v) is 1.29. The minimum absolute atomic E-state index is 0. The fourth-order valence-corrected chi connectivity index (χ4v) is 0.853. The molecule has 3 heteroatoms. The maximum atomic E-state index is 5.46. The third-order valence-electron chi connectivity index (χ3n) is 1.29. The van der Waals surface area contributed by atoms with Crippen LogP contribution in [0, 0.1) is 5.41 Å². The molecule has 1 aliphatic rings. The van der Waals surface area contributed by atoms with Gasteiger partial charge >= 0.3 is 0 Å². The number of hydrogen-bond acceptors (Lipinski definition) is 2. The van der Waals surface area contributed by atoms with Gasteiger partial charge in [-0.3, -0.25) is 0 Å². The number of hydrogen-bond donors (Lipinski definition) is 2. The molecule has 0 aliphatic carbocycles. The van der Waals surface area contributed by atoms with Gasteiger partial charge in [-0.1, -0.05) is 13.8 Å². The van der Waals surface area contributed by atoms with Crippen LogP contribution in [0.5, 0.6) is 0 Å². The third kappa shape index (κ3) is 2.14. The average Bonchev–Trinajstić information content (AvgIpc) is 1.82. The number of nitrogens with one attached hydrogen (secondary N) is 1. The van der Waals surface area contributed by atoms with Crippen LogP contribution in [0.1, 0.15) is 13.8 Å². The second-order valence-corrected chi connectivity index (χ2v) is 2.94. The molecular weight excluding hydrogens is 136 g/mol. The molecule has 1 heterocycles. The highest BCUT2D eigenvalue weighted by molar-refractivity contribution is 5.85. The minimum Gasteiger partial charge on any atom is -0.386 e. The predicted molar refractivity (Wildman–Crippen MR) is 41.3 cm³/mol. The van der Waals surface area contributed by atoms with Crippen LogP contribution in [-0.2, 0) is 0 Å². The Labute approximate surface area is 61.9 Å². The van der Waals surface area contributed by atoms with Crippen LogP contribution >= 0.6 is 12.4 Å². The zero-order valence-corrected chi connectivity index (χ0v) is 6.59. The van der Waals surface area contributed by atoms with Gasteiger partial charge in [-0.2, -0.15) is 0 Å². The summed E-state index contributed by atoms with van der Waals surface area (Å²) < 4.78 is 0. The van der Waals surface area contributed by atoms with Gasteiger partial charge in [-0.15, -0.1) is 12.4 Å². The van der Waals surface area contributed by atoms with E-state index in [2.05, 4.69) is 19.2 Å². The highest BCUT2D eigenvalue weighted by Crippen LogP contribution is 2.20. The fraction of sp³-hybridized carbons (Fsp3) is 0.667. The van der Waals surface area contributed by atoms with Gasteiger partial charge in [-0.25, -0.2) is 0 Å². The van der Waals surface area contributed by atoms with Gasteiger partial charge in [0.15, 0.2) is 0 Å². The molecule has 2 nitrogen and oxygen atoms in total. The quantitative estimate of drug-likeness (QED) is 0.534. The molecule has 0 aromatic rings. The first-order valence-electron chi connectivity index (χ1n) is 2.82. The van der Waals surface area contributed by atoms with E-state index in [1.807, 2.05) is 6.08 Å². The van der Waals surface area contributed by atoms with E-state index >= 15 is 0 Å². The first-order chi connectivity index (χ1) is 3.60. The van der Waals surface area contributed by atoms with E-state index in [-0.39, 0.29) is 17.8 Å². The van der Waals surface area contributed by atoms with Crippen LogP contribution in [0.15, 0.2) is 11.9 Å². The Bertz CT molecular complexity index is 129. The summed E-state index contributed by atoms with van der Waals surface area (Å²) in [6, 6.07) is 0. The lowest BCUT2D eigenvalue weighted by Crippen LogP contribution is -2.20. The SMILES string of the molecule is CC1(C)C=C(N)NC1.Cl. The van der Waals surface area contributed by atoms with Crippen LogP contribution in [0.4, 0.5) is 0 Å². The van der Waals surface area contributed by atoms with E-state index in [1.165, 1.54) is 0 Å². The van der Waals surface area contributed by atoms with E-state index in [9.17, 15) is 0 Å². The molecular formula is C6H13ClN2. The van der Waals surface area contributed by atoms with Crippen molar-refractivity contribution in [3.05, 3.63) is 11.9 Å². The van der Waals surface area contributed by atoms with E-state index < -0.39 is 0 Å². The van der Waals surface area contributed by atoms with Gasteiger partial charge in [0.25, 0.3) is 0 Å². The molecule has 0 unspecified atom stereocenters. The maximum Gasteiger partial charge on any atom is 0.0925 e. The van der Waals surface area contributed by atoms with Crippen molar-refractivity contribution in [3.63, 3.8) is 0 Å². The zero-order valence-electron chi connectivity index (χ0n) is 5.77. The summed E-state index contributed by atoms with van der Waals surface area (Å²) in [7, 11) is 0. The van der Waals surface area contributed by atoms with Crippen molar-refractivity contribution < 1.29 is 0 Å². The Kier molecular flexibility index (Phi) is 2.38. The van der Waals surface area contributed by atoms with Gasteiger partial charge in [0.1, 0.15) is 0 Å². The van der Waals surface area contributed by atoms with Crippen LogP contribution in [0.3, 0.4) is 0 Å². The summed E-state index contributed by atoms with van der Waals surface area (Å²) in [6.45, 7) is 5.28. The molecule has 1 rings (SSSR count). The highest BCUT2D eigenvalue weighted by atomic mass is 35.5. The van der Waals surface area contributed by atoms with E-state index in [4.69, 9.17) is 5.73 Å². The monoisotopic (exact) mass is 148 g/mol. The van der Waals surface area contributed by atoms with Crippen molar-refractivity contribution in [2.45, 2.75) is 13.8 Å². The predicted octanol–water partition coefficient (Wildman–Crippen LogP) is 0.838. The molecule has 54 valence electrons. The van der Waals surface area contributed by atoms with Crippen LogP contribution in [-0.4, -0.2) is 6.54 Å². The van der Waals surface area contributed by atoms with Gasteiger partial charge in [-0.05, 0) is 6.08 Å². The topological polar surface area (TPSA) is 38.0 Å². The Morgan fingerprint density at radius 1 is 1.67 bits per heavy atom. The largest absolute Gasteiger partial charge is 0.386 e. The molecule has 9 heavy (non-hydrogen) atoms. The van der Waals surface area contributed by atoms with Crippen LogP contribution < -0.4 is 11.1 Å². The van der Waals surface area contributed by atoms with Crippen LogP contribution in [0.2, 0.25) is 0 Å². The summed E-state index contributed by atoms with van der Waals surface area (Å²) >= 11 is 0. The smallest absolute Gasteiger partial charge is 0.0925 e. The maximum absolute atomic E-state index is 5.46. The molecule has 0 aromatic carbocycles. The Hall–Kier alpha value is -0.370. The van der Waals surface area contributed by atoms with Crippen molar-refractivity contribution in [3.8, 4) is 0 Å². The summed E-state index contributed by atoms with van der Waals surface area (Å²) in [4.78, 5) is 0. The van der Waals surface area contributed by atoms with Gasteiger partial charge < -0.3 is 11.1 Å². The number of halogens is 1. The van der Waals surface area contributed by atoms with Crippen molar-refractivity contribution >= 4 is 12.4 Å². The molecule has 0 radical (unpaired) electrons. The summed E-state index contributed by atoms with van der Waals surface area (Å²) in [5, 5.41) is 3.05. The molecule has 1 aliphatic heterocycles. The highest BCUT2D eigenvalue weighted by Gasteiger charge is 2.19. The molecule has 0 bridgehead atoms. The zero-order chi connectivity index (χ0) is 6.20. The van der Waals surface area contributed by atoms with Crippen molar-refractivity contribution in [1.82, 2.24) is 5.32 Å². The van der Waals surface area contributed by atoms with Crippen molar-refractivity contribution in [1.29, 1.82) is 0 Å². The molecule has 0 amide bonds. The molecule has 0 saturated carbocycles. The number of rotatable bonds is 0. The molecule has 0 atom stereocenters. The minimum atomic E-state index is 0. The lowest BCUT2D eigenvalue weighted by atomic mass is 9.96. The fourth-order valence-electron chi connectivity index (χ4n) is 0.853. The Balaban J connectivity index is 0.000000640. The van der Waals surface area contributed by atoms with Gasteiger partial charge in [0.2, 0.25) is 0 Å². The van der Waals surface area contributed by atoms with E-state index in [1.54, 1.807) is 0 Å². The summed E-state index contributed by atoms with van der Waals surface area (Å²) in [6.07, 6.45) is 2.05. The second kappa shape index (κ2) is 2.48. The number of nitrogens with two attached hydrogens (primary N) is 1. The van der Waals surface area contributed by atoms with E-state index in [0.717, 1.165) is 12.4 Å². The average molecular weight is 149 g/mol. The van der Waals surface area contributed by atoms with Crippen molar-refractivity contribution in [2.75, 3.05) is 6.54 Å². The standard InChI is InChI=1S/C6H12N2.ClH/c1-6(2)3-5(7)8-4-6;/h3,8H,4,7H2,1-2H3;1H. The molecule has 0 aromatic heterocycles. The first-order valence-corrected chi connectivity index (χ1v) is 2.82. The molecule has 0 fully saturated rings. The summed E-state index contributed by atoms with van der Waals surface area (Å²) in [5.74, 6) is 0.815. The molecule has 0 spiro atoms. The van der Waals surface area contributed by atoms with Gasteiger partial charge in [0.05, 0.1) is 5.82 Å². The molecule has 3 N–H and O–H groups in total. The summed E-state index contributed by atoms with van der Waals surface area (Å²) in [5.41, 5.74) is 5.73. The molecule has 0 saturated heterocycles. The lowest BCUT2D eigenvalue weighted by molar-refractivity contribution is 0.495. The Morgan fingerprint density at radius 2 is 2.22 bits per heavy atom. The normalized spacial score (nSPS) is 21.8. The lowest BCUT2D eigenvalue weighted by Gasteiger charge is -2.10. The van der Waals surface area contributed by atoms with Crippen LogP contribution in [0.25, 0.3) is 0 Å². The van der Waals surface area contributed by atoms with Gasteiger partial charge in [0, 0.05) is 12.0 Å². The van der Waals surface area contributed by atoms with Crippen molar-refractivity contribution in [2.24, 2.45) is 11.1 Å². The van der Waals surface area contributed by atoms with E-state index in [0.29, 0.717) is 0 Å².